The summed E-state index contributed by atoms with van der Waals surface area (Å²) in [5.74, 6) is 0.879. The molecule has 6 nitrogen and oxygen atoms in total. The number of benzene rings is 2. The molecule has 0 radical (unpaired) electrons. The van der Waals surface area contributed by atoms with Gasteiger partial charge in [-0.1, -0.05) is 18.2 Å². The summed E-state index contributed by atoms with van der Waals surface area (Å²) in [4.78, 5) is 12.2. The molecule has 2 aromatic carbocycles. The van der Waals surface area contributed by atoms with Gasteiger partial charge in [0.25, 0.3) is 5.89 Å². The molecule has 0 aliphatic heterocycles. The first-order valence-corrected chi connectivity index (χ1v) is 8.00. The minimum absolute atomic E-state index is 0.248. The maximum Gasteiger partial charge on any atom is 0.338 e. The second-order valence-electron chi connectivity index (χ2n) is 5.32. The van der Waals surface area contributed by atoms with Gasteiger partial charge in [-0.05, 0) is 50.2 Å². The smallest absolute Gasteiger partial charge is 0.338 e. The van der Waals surface area contributed by atoms with Gasteiger partial charge < -0.3 is 13.9 Å². The molecule has 3 rings (SSSR count). The lowest BCUT2D eigenvalue weighted by atomic mass is 10.2. The molecule has 128 valence electrons. The standard InChI is InChI=1S/C19H18N2O4/c1-3-23-16-11-9-15(10-12-16)19(22)24-13(2)17-20-21-18(25-17)14-7-5-4-6-8-14/h4-13H,3H2,1-2H3/t13-/m0/s1. The van der Waals surface area contributed by atoms with Crippen molar-refractivity contribution in [2.45, 2.75) is 20.0 Å². The summed E-state index contributed by atoms with van der Waals surface area (Å²) in [6.07, 6.45) is -0.649. The molecule has 0 saturated heterocycles. The summed E-state index contributed by atoms with van der Waals surface area (Å²) >= 11 is 0. The lowest BCUT2D eigenvalue weighted by Crippen LogP contribution is -2.09. The molecule has 0 aliphatic rings. The van der Waals surface area contributed by atoms with E-state index in [4.69, 9.17) is 13.9 Å². The van der Waals surface area contributed by atoms with Gasteiger partial charge in [0.1, 0.15) is 5.75 Å². The van der Waals surface area contributed by atoms with Crippen molar-refractivity contribution in [1.29, 1.82) is 0 Å². The third kappa shape index (κ3) is 4.03. The zero-order valence-corrected chi connectivity index (χ0v) is 14.0. The molecule has 0 bridgehead atoms. The van der Waals surface area contributed by atoms with E-state index in [1.165, 1.54) is 0 Å². The van der Waals surface area contributed by atoms with Crippen LogP contribution in [0.1, 0.15) is 36.2 Å². The van der Waals surface area contributed by atoms with Crippen molar-refractivity contribution in [3.05, 3.63) is 66.1 Å². The van der Waals surface area contributed by atoms with Crippen molar-refractivity contribution in [2.24, 2.45) is 0 Å². The van der Waals surface area contributed by atoms with Gasteiger partial charge in [-0.2, -0.15) is 0 Å². The van der Waals surface area contributed by atoms with Crippen LogP contribution in [0.5, 0.6) is 5.75 Å². The number of carbonyl (C=O) groups is 1. The highest BCUT2D eigenvalue weighted by molar-refractivity contribution is 5.89. The number of hydrogen-bond acceptors (Lipinski definition) is 6. The molecule has 0 unspecified atom stereocenters. The highest BCUT2D eigenvalue weighted by Crippen LogP contribution is 2.23. The summed E-state index contributed by atoms with van der Waals surface area (Å²) < 4.78 is 16.3. The van der Waals surface area contributed by atoms with E-state index in [1.54, 1.807) is 31.2 Å². The minimum Gasteiger partial charge on any atom is -0.494 e. The lowest BCUT2D eigenvalue weighted by Gasteiger charge is -2.10. The number of nitrogens with zero attached hydrogens (tertiary/aromatic N) is 2. The lowest BCUT2D eigenvalue weighted by molar-refractivity contribution is 0.0280. The molecule has 0 amide bonds. The first kappa shape index (κ1) is 16.7. The summed E-state index contributed by atoms with van der Waals surface area (Å²) in [5, 5.41) is 7.96. The molecule has 6 heteroatoms. The van der Waals surface area contributed by atoms with Gasteiger partial charge in [0, 0.05) is 5.56 Å². The molecule has 25 heavy (non-hydrogen) atoms. The van der Waals surface area contributed by atoms with Crippen LogP contribution in [-0.2, 0) is 4.74 Å². The Labute approximate surface area is 145 Å². The van der Waals surface area contributed by atoms with Crippen molar-refractivity contribution in [3.63, 3.8) is 0 Å². The molecule has 1 atom stereocenters. The molecular formula is C19H18N2O4. The predicted octanol–water partition coefficient (Wildman–Crippen LogP) is 4.05. The molecular weight excluding hydrogens is 320 g/mol. The SMILES string of the molecule is CCOc1ccc(C(=O)O[C@@H](C)c2nnc(-c3ccccc3)o2)cc1. The molecule has 0 N–H and O–H groups in total. The first-order chi connectivity index (χ1) is 12.2. The molecule has 0 fully saturated rings. The Kier molecular flexibility index (Phi) is 5.09. The van der Waals surface area contributed by atoms with E-state index in [-0.39, 0.29) is 5.89 Å². The van der Waals surface area contributed by atoms with Crippen LogP contribution in [0.4, 0.5) is 0 Å². The highest BCUT2D eigenvalue weighted by Gasteiger charge is 2.20. The highest BCUT2D eigenvalue weighted by atomic mass is 16.6. The molecule has 0 saturated carbocycles. The Hall–Kier alpha value is -3.15. The average molecular weight is 338 g/mol. The second kappa shape index (κ2) is 7.61. The van der Waals surface area contributed by atoms with Gasteiger partial charge in [-0.25, -0.2) is 4.79 Å². The van der Waals surface area contributed by atoms with E-state index in [9.17, 15) is 4.79 Å². The zero-order valence-electron chi connectivity index (χ0n) is 14.0. The minimum atomic E-state index is -0.649. The fraction of sp³-hybridized carbons (Fsp3) is 0.211. The Bertz CT molecular complexity index is 828. The van der Waals surface area contributed by atoms with Crippen molar-refractivity contribution in [3.8, 4) is 17.2 Å². The van der Waals surface area contributed by atoms with E-state index >= 15 is 0 Å². The van der Waals surface area contributed by atoms with Crippen LogP contribution in [0.2, 0.25) is 0 Å². The van der Waals surface area contributed by atoms with Crippen LogP contribution in [0.3, 0.4) is 0 Å². The van der Waals surface area contributed by atoms with Crippen molar-refractivity contribution in [2.75, 3.05) is 6.61 Å². The first-order valence-electron chi connectivity index (χ1n) is 8.00. The van der Waals surface area contributed by atoms with Gasteiger partial charge >= 0.3 is 5.97 Å². The summed E-state index contributed by atoms with van der Waals surface area (Å²) in [7, 11) is 0. The molecule has 1 heterocycles. The normalized spacial score (nSPS) is 11.8. The third-order valence-electron chi connectivity index (χ3n) is 3.49. The molecule has 3 aromatic rings. The maximum atomic E-state index is 12.2. The van der Waals surface area contributed by atoms with Crippen molar-refractivity contribution in [1.82, 2.24) is 10.2 Å². The molecule has 1 aromatic heterocycles. The Balaban J connectivity index is 1.66. The van der Waals surface area contributed by atoms with Gasteiger partial charge in [0.2, 0.25) is 5.89 Å². The Morgan fingerprint density at radius 2 is 1.80 bits per heavy atom. The fourth-order valence-corrected chi connectivity index (χ4v) is 2.23. The number of carbonyl (C=O) groups excluding carboxylic acids is 1. The second-order valence-corrected chi connectivity index (χ2v) is 5.32. The number of ether oxygens (including phenoxy) is 2. The quantitative estimate of drug-likeness (QED) is 0.631. The fourth-order valence-electron chi connectivity index (χ4n) is 2.23. The predicted molar refractivity (Wildman–Crippen MR) is 91.2 cm³/mol. The van der Waals surface area contributed by atoms with E-state index in [0.717, 1.165) is 5.56 Å². The van der Waals surface area contributed by atoms with Crippen LogP contribution >= 0.6 is 0 Å². The topological polar surface area (TPSA) is 74.5 Å². The number of hydrogen-bond donors (Lipinski definition) is 0. The number of rotatable bonds is 6. The van der Waals surface area contributed by atoms with E-state index < -0.39 is 12.1 Å². The van der Waals surface area contributed by atoms with Gasteiger partial charge in [-0.15, -0.1) is 10.2 Å². The van der Waals surface area contributed by atoms with Gasteiger partial charge in [0.15, 0.2) is 6.10 Å². The van der Waals surface area contributed by atoms with E-state index in [0.29, 0.717) is 23.8 Å². The zero-order chi connectivity index (χ0) is 17.6. The van der Waals surface area contributed by atoms with E-state index in [2.05, 4.69) is 10.2 Å². The molecule has 0 spiro atoms. The van der Waals surface area contributed by atoms with Gasteiger partial charge in [-0.3, -0.25) is 0 Å². The van der Waals surface area contributed by atoms with Crippen LogP contribution in [-0.4, -0.2) is 22.8 Å². The Morgan fingerprint density at radius 3 is 2.48 bits per heavy atom. The Morgan fingerprint density at radius 1 is 1.08 bits per heavy atom. The van der Waals surface area contributed by atoms with Crippen LogP contribution in [0.15, 0.2) is 59.0 Å². The largest absolute Gasteiger partial charge is 0.494 e. The monoisotopic (exact) mass is 338 g/mol. The maximum absolute atomic E-state index is 12.2. The van der Waals surface area contributed by atoms with E-state index in [1.807, 2.05) is 37.3 Å². The van der Waals surface area contributed by atoms with Crippen molar-refractivity contribution >= 4 is 5.97 Å². The summed E-state index contributed by atoms with van der Waals surface area (Å²) in [5.41, 5.74) is 1.24. The molecule has 0 aliphatic carbocycles. The summed E-state index contributed by atoms with van der Waals surface area (Å²) in [6, 6.07) is 16.2. The number of esters is 1. The van der Waals surface area contributed by atoms with Crippen molar-refractivity contribution < 1.29 is 18.7 Å². The summed E-state index contributed by atoms with van der Waals surface area (Å²) in [6.45, 7) is 4.16. The van der Waals surface area contributed by atoms with Crippen LogP contribution < -0.4 is 4.74 Å². The van der Waals surface area contributed by atoms with Crippen LogP contribution in [0.25, 0.3) is 11.5 Å². The number of aromatic nitrogens is 2. The van der Waals surface area contributed by atoms with Crippen LogP contribution in [0, 0.1) is 0 Å². The third-order valence-corrected chi connectivity index (χ3v) is 3.49. The van der Waals surface area contributed by atoms with Gasteiger partial charge in [0.05, 0.1) is 12.2 Å². The average Bonchev–Trinajstić information content (AvgIpc) is 3.13.